The van der Waals surface area contributed by atoms with Gasteiger partial charge in [-0.2, -0.15) is 18.6 Å². The van der Waals surface area contributed by atoms with Gasteiger partial charge in [0, 0.05) is 70.9 Å². The van der Waals surface area contributed by atoms with Gasteiger partial charge in [-0.25, -0.2) is 0 Å². The first-order chi connectivity index (χ1) is 21.2. The Balaban J connectivity index is 0.000000892. The van der Waals surface area contributed by atoms with Crippen LogP contribution >= 0.6 is 11.6 Å². The van der Waals surface area contributed by atoms with Crippen LogP contribution in [0.1, 0.15) is 58.1 Å². The molecule has 2 aliphatic heterocycles. The summed E-state index contributed by atoms with van der Waals surface area (Å²) in [4.78, 5) is 24.1. The van der Waals surface area contributed by atoms with Gasteiger partial charge in [0.2, 0.25) is 5.69 Å². The average molecular weight is 675 g/mol. The van der Waals surface area contributed by atoms with Gasteiger partial charge in [-0.1, -0.05) is 37.6 Å². The van der Waals surface area contributed by atoms with Crippen LogP contribution in [0.5, 0.6) is 0 Å². The summed E-state index contributed by atoms with van der Waals surface area (Å²) in [5.41, 5.74) is 7.37. The normalized spacial score (nSPS) is 20.3. The highest BCUT2D eigenvalue weighted by Gasteiger charge is 2.44. The number of anilines is 1. The maximum atomic E-state index is 11.4. The van der Waals surface area contributed by atoms with Crippen molar-refractivity contribution >= 4 is 40.1 Å². The maximum Gasteiger partial charge on any atom is 0.270 e. The summed E-state index contributed by atoms with van der Waals surface area (Å²) in [5.74, 6) is 0. The summed E-state index contributed by atoms with van der Waals surface area (Å²) in [5, 5.41) is 23.5. The molecule has 0 fully saturated rings. The van der Waals surface area contributed by atoms with E-state index in [2.05, 4.69) is 61.5 Å². The minimum atomic E-state index is -4.69. The predicted octanol–water partition coefficient (Wildman–Crippen LogP) is 3.86. The summed E-state index contributed by atoms with van der Waals surface area (Å²) in [6.07, 6.45) is 11.0. The summed E-state index contributed by atoms with van der Waals surface area (Å²) in [6.45, 7) is 8.33. The van der Waals surface area contributed by atoms with E-state index in [0.29, 0.717) is 0 Å². The van der Waals surface area contributed by atoms with Crippen molar-refractivity contribution in [3.63, 3.8) is 0 Å². The topological polar surface area (TPSA) is 182 Å². The third kappa shape index (κ3) is 6.92. The van der Waals surface area contributed by atoms with Gasteiger partial charge in [-0.3, -0.25) is 20.2 Å². The lowest BCUT2D eigenvalue weighted by Gasteiger charge is -2.24. The largest absolute Gasteiger partial charge is 0.347 e. The molecular formula is C32H35Cl2N4O8+. The number of allylic oxidation sites excluding steroid dienone is 8. The fraction of sp³-hybridized carbons (Fsp3) is 0.344. The van der Waals surface area contributed by atoms with Gasteiger partial charge in [0.05, 0.1) is 30.2 Å². The van der Waals surface area contributed by atoms with Crippen LogP contribution < -0.4 is 18.9 Å². The molecule has 2 aromatic carbocycles. The fourth-order valence-electron chi connectivity index (χ4n) is 6.44. The van der Waals surface area contributed by atoms with E-state index in [9.17, 15) is 20.2 Å². The van der Waals surface area contributed by atoms with Gasteiger partial charge in [0.1, 0.15) is 7.05 Å². The molecule has 0 aromatic heterocycles. The van der Waals surface area contributed by atoms with Crippen molar-refractivity contribution in [2.45, 2.75) is 57.8 Å². The number of nitro groups is 2. The number of likely N-dealkylation sites (N-methyl/N-ethyl adjacent to an activating group) is 1. The quantitative estimate of drug-likeness (QED) is 0.280. The smallest absolute Gasteiger partial charge is 0.270 e. The second kappa shape index (κ2) is 12.7. The molecule has 5 rings (SSSR count). The molecule has 0 saturated heterocycles. The van der Waals surface area contributed by atoms with E-state index in [-0.39, 0.29) is 21.2 Å². The van der Waals surface area contributed by atoms with Crippen LogP contribution in [-0.2, 0) is 10.8 Å². The highest BCUT2D eigenvalue weighted by atomic mass is 35.7. The van der Waals surface area contributed by atoms with Crippen molar-refractivity contribution in [1.82, 2.24) is 0 Å². The van der Waals surface area contributed by atoms with Crippen molar-refractivity contribution in [2.75, 3.05) is 19.0 Å². The predicted molar refractivity (Wildman–Crippen MR) is 166 cm³/mol. The van der Waals surface area contributed by atoms with Crippen LogP contribution in [0, 0.1) is 30.5 Å². The minimum Gasteiger partial charge on any atom is -0.347 e. The Kier molecular flexibility index (Phi) is 9.66. The zero-order valence-corrected chi connectivity index (χ0v) is 27.8. The third-order valence-electron chi connectivity index (χ3n) is 8.80. The first-order valence-corrected chi connectivity index (χ1v) is 15.9. The molecule has 3 aliphatic rings. The Labute approximate surface area is 273 Å². The van der Waals surface area contributed by atoms with Gasteiger partial charge in [0.25, 0.3) is 11.4 Å². The highest BCUT2D eigenvalue weighted by Crippen LogP contribution is 2.48. The summed E-state index contributed by atoms with van der Waals surface area (Å²) in [7, 11) is -0.722. The molecule has 0 spiro atoms. The van der Waals surface area contributed by atoms with Crippen LogP contribution in [0.2, 0.25) is 0 Å². The number of hydrogen-bond acceptors (Lipinski definition) is 9. The summed E-state index contributed by atoms with van der Waals surface area (Å²) < 4.78 is 34.8. The van der Waals surface area contributed by atoms with Crippen molar-refractivity contribution in [1.29, 1.82) is 0 Å². The van der Waals surface area contributed by atoms with E-state index in [1.54, 1.807) is 24.3 Å². The lowest BCUT2D eigenvalue weighted by molar-refractivity contribution is -1.92. The summed E-state index contributed by atoms with van der Waals surface area (Å²) >= 11 is 6.97. The molecule has 2 heterocycles. The molecule has 0 unspecified atom stereocenters. The van der Waals surface area contributed by atoms with Gasteiger partial charge in [-0.05, 0) is 62.0 Å². The van der Waals surface area contributed by atoms with E-state index in [1.807, 2.05) is 26.2 Å². The Morgan fingerprint density at radius 3 is 2.07 bits per heavy atom. The molecule has 1 aliphatic carbocycles. The number of nitrogens with zero attached hydrogens (tertiary/aromatic N) is 4. The standard InChI is InChI=1S/C32H34ClN4O4.ClHO4/c1-31(2)24-18-22(36(38)39)12-14-26(24)34(5)28(31)16-10-20-8-7-9-21(30(20)33)11-17-29-32(3,4)25-19-23(37(40)41)13-15-27(25)35(29)6;2-1(3,4)5/h10-19H,7-9H2,1-6H3;(H,2,3,4,5)/q+1;. The number of benzene rings is 2. The van der Waals surface area contributed by atoms with E-state index in [0.717, 1.165) is 69.4 Å². The third-order valence-corrected chi connectivity index (χ3v) is 9.28. The molecule has 0 bridgehead atoms. The minimum absolute atomic E-state index is 0.0924. The molecule has 0 atom stereocenters. The van der Waals surface area contributed by atoms with Crippen LogP contribution in [-0.4, -0.2) is 38.9 Å². The number of fused-ring (bicyclic) bond motifs is 2. The first kappa shape index (κ1) is 35.0. The highest BCUT2D eigenvalue weighted by molar-refractivity contribution is 6.32. The molecule has 0 radical (unpaired) electrons. The second-order valence-corrected chi connectivity index (χ2v) is 13.5. The Morgan fingerprint density at radius 2 is 1.48 bits per heavy atom. The molecule has 1 N–H and O–H groups in total. The van der Waals surface area contributed by atoms with Gasteiger partial charge in [-0.15, -0.1) is 0 Å². The van der Waals surface area contributed by atoms with Crippen molar-refractivity contribution in [2.24, 2.45) is 0 Å². The van der Waals surface area contributed by atoms with E-state index in [4.69, 9.17) is 30.2 Å². The Bertz CT molecular complexity index is 1760. The first-order valence-electron chi connectivity index (χ1n) is 14.3. The molecular weight excluding hydrogens is 639 g/mol. The van der Waals surface area contributed by atoms with Crippen LogP contribution in [0.25, 0.3) is 0 Å². The molecule has 2 aromatic rings. The molecule has 12 nitrogen and oxygen atoms in total. The monoisotopic (exact) mass is 673 g/mol. The van der Waals surface area contributed by atoms with Gasteiger partial charge >= 0.3 is 0 Å². The zero-order chi connectivity index (χ0) is 34.4. The lowest BCUT2D eigenvalue weighted by atomic mass is 9.81. The van der Waals surface area contributed by atoms with Crippen LogP contribution in [0.3, 0.4) is 0 Å². The van der Waals surface area contributed by atoms with E-state index >= 15 is 0 Å². The molecule has 14 heteroatoms. The van der Waals surface area contributed by atoms with Crippen LogP contribution in [0.15, 0.2) is 82.6 Å². The van der Waals surface area contributed by atoms with Gasteiger partial charge < -0.3 is 4.90 Å². The van der Waals surface area contributed by atoms with Crippen LogP contribution in [0.4, 0.5) is 22.7 Å². The van der Waals surface area contributed by atoms with E-state index < -0.39 is 21.1 Å². The van der Waals surface area contributed by atoms with Gasteiger partial charge in [0.15, 0.2) is 5.71 Å². The van der Waals surface area contributed by atoms with Crippen molar-refractivity contribution < 1.29 is 43.3 Å². The Morgan fingerprint density at radius 1 is 0.913 bits per heavy atom. The molecule has 46 heavy (non-hydrogen) atoms. The fourth-order valence-corrected chi connectivity index (χ4v) is 6.76. The zero-order valence-electron chi connectivity index (χ0n) is 26.2. The number of non-ortho nitro benzene ring substituents is 2. The van der Waals surface area contributed by atoms with Crippen molar-refractivity contribution in [3.8, 4) is 0 Å². The van der Waals surface area contributed by atoms with E-state index in [1.165, 1.54) is 0 Å². The number of rotatable bonds is 5. The average Bonchev–Trinajstić information content (AvgIpc) is 3.27. The second-order valence-electron chi connectivity index (χ2n) is 12.3. The Hall–Kier alpha value is -3.91. The lowest BCUT2D eigenvalue weighted by Crippen LogP contribution is -2.58. The van der Waals surface area contributed by atoms with Crippen molar-refractivity contribution in [3.05, 3.63) is 114 Å². The molecule has 0 saturated carbocycles. The summed E-state index contributed by atoms with van der Waals surface area (Å²) in [6, 6.07) is 10.1. The number of hydrogen-bond donors (Lipinski definition) is 1. The number of halogens is 2. The maximum absolute atomic E-state index is 11.4. The molecule has 0 amide bonds. The number of nitro benzene ring substituents is 2. The molecule has 244 valence electrons. The SMILES string of the molecule is CN1C(=CC=C2CCCC(C=CC3=[N+](C)c4ccc([N+](=O)[O-])cc4C3(C)C)=C2Cl)C(C)(C)c2cc([N+](=O)[O-])ccc21.[O-][Cl+3]([O-])([O-])O.